The fourth-order valence-corrected chi connectivity index (χ4v) is 5.53. The molecule has 0 aliphatic carbocycles. The van der Waals surface area contributed by atoms with Crippen LogP contribution in [0.25, 0.3) is 0 Å². The molecule has 1 amide bonds. The molecule has 2 aromatic rings. The molecule has 32 heavy (non-hydrogen) atoms. The molecular formula is C25H33FN2O3S. The van der Waals surface area contributed by atoms with E-state index in [2.05, 4.69) is 50.4 Å². The van der Waals surface area contributed by atoms with Crippen LogP contribution in [0.4, 0.5) is 4.39 Å². The molecule has 0 radical (unpaired) electrons. The van der Waals surface area contributed by atoms with Gasteiger partial charge < -0.3 is 5.32 Å². The lowest BCUT2D eigenvalue weighted by Gasteiger charge is -2.31. The van der Waals surface area contributed by atoms with Gasteiger partial charge in [-0.3, -0.25) is 4.79 Å². The second-order valence-corrected chi connectivity index (χ2v) is 11.6. The predicted molar refractivity (Wildman–Crippen MR) is 125 cm³/mol. The molecule has 0 unspecified atom stereocenters. The van der Waals surface area contributed by atoms with E-state index in [0.29, 0.717) is 31.5 Å². The van der Waals surface area contributed by atoms with E-state index < -0.39 is 15.8 Å². The fraction of sp³-hybridized carbons (Fsp3) is 0.480. The minimum absolute atomic E-state index is 0.0343. The third kappa shape index (κ3) is 6.17. The summed E-state index contributed by atoms with van der Waals surface area (Å²) < 4.78 is 39.9. The molecular weight excluding hydrogens is 427 g/mol. The Bertz CT molecular complexity index is 1020. The molecule has 1 fully saturated rings. The minimum Gasteiger partial charge on any atom is -0.349 e. The van der Waals surface area contributed by atoms with E-state index in [4.69, 9.17) is 0 Å². The molecule has 1 atom stereocenters. The van der Waals surface area contributed by atoms with Crippen molar-refractivity contribution in [2.24, 2.45) is 5.92 Å². The number of hydrogen-bond donors (Lipinski definition) is 1. The van der Waals surface area contributed by atoms with Gasteiger partial charge >= 0.3 is 0 Å². The van der Waals surface area contributed by atoms with Gasteiger partial charge in [0.1, 0.15) is 5.82 Å². The van der Waals surface area contributed by atoms with Gasteiger partial charge in [-0.05, 0) is 54.0 Å². The lowest BCUT2D eigenvalue weighted by Crippen LogP contribution is -2.43. The summed E-state index contributed by atoms with van der Waals surface area (Å²) in [7, 11) is -3.50. The zero-order valence-corrected chi connectivity index (χ0v) is 20.1. The average Bonchev–Trinajstić information content (AvgIpc) is 2.75. The van der Waals surface area contributed by atoms with Crippen molar-refractivity contribution in [2.45, 2.75) is 57.7 Å². The minimum atomic E-state index is -3.50. The van der Waals surface area contributed by atoms with Crippen LogP contribution < -0.4 is 5.32 Å². The predicted octanol–water partition coefficient (Wildman–Crippen LogP) is 4.54. The number of carbonyl (C=O) groups is 1. The normalized spacial score (nSPS) is 17.2. The second kappa shape index (κ2) is 9.71. The molecule has 1 saturated heterocycles. The van der Waals surface area contributed by atoms with Gasteiger partial charge in [0.25, 0.3) is 0 Å². The zero-order chi connectivity index (χ0) is 23.5. The van der Waals surface area contributed by atoms with Gasteiger partial charge in [0.15, 0.2) is 0 Å². The Hall–Kier alpha value is -2.25. The molecule has 0 bridgehead atoms. The summed E-state index contributed by atoms with van der Waals surface area (Å²) >= 11 is 0. The number of hydrogen-bond acceptors (Lipinski definition) is 3. The standard InChI is InChI=1S/C25H33FN2O3S/c1-18(20-7-9-22(10-8-20)25(2,3)4)27-24(29)21-13-15-28(16-14-21)32(30,31)17-19-5-11-23(26)12-6-19/h5-12,18,21H,13-17H2,1-4H3,(H,27,29)/t18-/m0/s1. The highest BCUT2D eigenvalue weighted by atomic mass is 32.2. The summed E-state index contributed by atoms with van der Waals surface area (Å²) in [5.41, 5.74) is 2.92. The highest BCUT2D eigenvalue weighted by molar-refractivity contribution is 7.88. The van der Waals surface area contributed by atoms with Crippen LogP contribution in [0.5, 0.6) is 0 Å². The Morgan fingerprint density at radius 2 is 1.62 bits per heavy atom. The summed E-state index contributed by atoms with van der Waals surface area (Å²) in [5.74, 6) is -0.792. The van der Waals surface area contributed by atoms with E-state index >= 15 is 0 Å². The molecule has 1 aliphatic rings. The van der Waals surface area contributed by atoms with Crippen LogP contribution in [0.3, 0.4) is 0 Å². The van der Waals surface area contributed by atoms with E-state index in [1.165, 1.54) is 34.1 Å². The first kappa shape index (κ1) is 24.4. The van der Waals surface area contributed by atoms with Gasteiger partial charge in [0.2, 0.25) is 15.9 Å². The number of amides is 1. The van der Waals surface area contributed by atoms with Gasteiger partial charge in [0, 0.05) is 19.0 Å². The van der Waals surface area contributed by atoms with Gasteiger partial charge in [-0.15, -0.1) is 0 Å². The summed E-state index contributed by atoms with van der Waals surface area (Å²) in [4.78, 5) is 12.8. The SMILES string of the molecule is C[C@H](NC(=O)C1CCN(S(=O)(=O)Cc2ccc(F)cc2)CC1)c1ccc(C(C)(C)C)cc1. The number of sulfonamides is 1. The molecule has 7 heteroatoms. The molecule has 0 spiro atoms. The number of halogens is 1. The first-order valence-electron chi connectivity index (χ1n) is 11.1. The van der Waals surface area contributed by atoms with Crippen molar-refractivity contribution in [2.75, 3.05) is 13.1 Å². The van der Waals surface area contributed by atoms with Crippen molar-refractivity contribution >= 4 is 15.9 Å². The zero-order valence-electron chi connectivity index (χ0n) is 19.3. The molecule has 3 rings (SSSR count). The molecule has 174 valence electrons. The molecule has 1 heterocycles. The van der Waals surface area contributed by atoms with Crippen LogP contribution in [0.2, 0.25) is 0 Å². The van der Waals surface area contributed by atoms with E-state index in [1.807, 2.05) is 6.92 Å². The van der Waals surface area contributed by atoms with E-state index in [9.17, 15) is 17.6 Å². The molecule has 5 nitrogen and oxygen atoms in total. The highest BCUT2D eigenvalue weighted by Gasteiger charge is 2.31. The Labute approximate surface area is 191 Å². The number of nitrogens with zero attached hydrogens (tertiary/aromatic N) is 1. The van der Waals surface area contributed by atoms with E-state index in [1.54, 1.807) is 0 Å². The first-order chi connectivity index (χ1) is 15.0. The van der Waals surface area contributed by atoms with Crippen LogP contribution in [0.15, 0.2) is 48.5 Å². The molecule has 1 N–H and O–H groups in total. The van der Waals surface area contributed by atoms with E-state index in [-0.39, 0.29) is 29.0 Å². The molecule has 0 saturated carbocycles. The van der Waals surface area contributed by atoms with Crippen molar-refractivity contribution in [1.29, 1.82) is 0 Å². The summed E-state index contributed by atoms with van der Waals surface area (Å²) in [5, 5.41) is 3.08. The number of nitrogens with one attached hydrogen (secondary N) is 1. The third-order valence-electron chi connectivity index (χ3n) is 6.12. The average molecular weight is 461 g/mol. The second-order valence-electron chi connectivity index (χ2n) is 9.66. The highest BCUT2D eigenvalue weighted by Crippen LogP contribution is 2.25. The Morgan fingerprint density at radius 1 is 1.06 bits per heavy atom. The van der Waals surface area contributed by atoms with Gasteiger partial charge in [0.05, 0.1) is 11.8 Å². The summed E-state index contributed by atoms with van der Waals surface area (Å²) in [6.45, 7) is 9.09. The fourth-order valence-electron chi connectivity index (χ4n) is 3.97. The largest absolute Gasteiger partial charge is 0.349 e. The summed E-state index contributed by atoms with van der Waals surface area (Å²) in [6, 6.07) is 13.7. The number of carbonyl (C=O) groups excluding carboxylic acids is 1. The van der Waals surface area contributed by atoms with Crippen molar-refractivity contribution in [3.63, 3.8) is 0 Å². The maximum Gasteiger partial charge on any atom is 0.223 e. The third-order valence-corrected chi connectivity index (χ3v) is 7.97. The van der Waals surface area contributed by atoms with Crippen molar-refractivity contribution < 1.29 is 17.6 Å². The number of rotatable bonds is 6. The monoisotopic (exact) mass is 460 g/mol. The topological polar surface area (TPSA) is 66.5 Å². The maximum absolute atomic E-state index is 13.1. The lowest BCUT2D eigenvalue weighted by atomic mass is 9.86. The van der Waals surface area contributed by atoms with Gasteiger partial charge in [-0.2, -0.15) is 0 Å². The van der Waals surface area contributed by atoms with Crippen LogP contribution >= 0.6 is 0 Å². The van der Waals surface area contributed by atoms with Crippen LogP contribution in [0, 0.1) is 11.7 Å². The Balaban J connectivity index is 1.53. The molecule has 2 aromatic carbocycles. The lowest BCUT2D eigenvalue weighted by molar-refractivity contribution is -0.126. The maximum atomic E-state index is 13.1. The van der Waals surface area contributed by atoms with Crippen LogP contribution in [0.1, 0.15) is 63.3 Å². The quantitative estimate of drug-likeness (QED) is 0.688. The number of benzene rings is 2. The smallest absolute Gasteiger partial charge is 0.223 e. The summed E-state index contributed by atoms with van der Waals surface area (Å²) in [6.07, 6.45) is 0.980. The molecule has 1 aliphatic heterocycles. The van der Waals surface area contributed by atoms with Crippen molar-refractivity contribution in [3.05, 3.63) is 71.0 Å². The molecule has 0 aromatic heterocycles. The Kier molecular flexibility index (Phi) is 7.40. The van der Waals surface area contributed by atoms with Crippen molar-refractivity contribution in [3.8, 4) is 0 Å². The van der Waals surface area contributed by atoms with Crippen molar-refractivity contribution in [1.82, 2.24) is 9.62 Å². The number of piperidine rings is 1. The van der Waals surface area contributed by atoms with E-state index in [0.717, 1.165) is 5.56 Å². The van der Waals surface area contributed by atoms with Crippen LogP contribution in [-0.4, -0.2) is 31.7 Å². The first-order valence-corrected chi connectivity index (χ1v) is 12.7. The van der Waals surface area contributed by atoms with Gasteiger partial charge in [-0.1, -0.05) is 57.2 Å². The Morgan fingerprint density at radius 3 is 2.16 bits per heavy atom. The van der Waals surface area contributed by atoms with Crippen LogP contribution in [-0.2, 0) is 26.0 Å². The van der Waals surface area contributed by atoms with Gasteiger partial charge in [-0.25, -0.2) is 17.1 Å².